The van der Waals surface area contributed by atoms with E-state index in [0.29, 0.717) is 16.9 Å². The fraction of sp³-hybridized carbons (Fsp3) is 0.176. The molecule has 1 amide bonds. The number of amides is 1. The molecular weight excluding hydrogens is 374 g/mol. The van der Waals surface area contributed by atoms with Gasteiger partial charge in [0, 0.05) is 11.3 Å². The molecule has 1 aliphatic rings. The van der Waals surface area contributed by atoms with Gasteiger partial charge in [-0.15, -0.1) is 11.3 Å². The van der Waals surface area contributed by atoms with E-state index in [0.717, 1.165) is 10.2 Å². The van der Waals surface area contributed by atoms with Gasteiger partial charge in [-0.2, -0.15) is 0 Å². The van der Waals surface area contributed by atoms with E-state index >= 15 is 0 Å². The van der Waals surface area contributed by atoms with Crippen molar-refractivity contribution in [2.75, 3.05) is 28.7 Å². The smallest absolute Gasteiger partial charge is 0.255 e. The lowest BCUT2D eigenvalue weighted by atomic mass is 10.2. The molecule has 1 aliphatic heterocycles. The van der Waals surface area contributed by atoms with Crippen LogP contribution >= 0.6 is 11.3 Å². The van der Waals surface area contributed by atoms with E-state index in [-0.39, 0.29) is 25.0 Å². The third-order valence-corrected chi connectivity index (χ3v) is 6.52. The molecule has 4 rings (SSSR count). The molecule has 1 aromatic heterocycles. The predicted octanol–water partition coefficient (Wildman–Crippen LogP) is 2.67. The molecule has 134 valence electrons. The molecule has 3 aromatic rings. The van der Waals surface area contributed by atoms with Crippen LogP contribution in [0.15, 0.2) is 48.0 Å². The molecule has 2 heterocycles. The standard InChI is InChI=1S/C17H15N3O4S2/c21-17(19-13-3-6-16-15(9-13)18-10-25-16)12-1-4-14(5-2-12)20-11-24-7-8-26(20,22)23/h1-6,9-10H,7-8,11H2,(H,19,21). The van der Waals surface area contributed by atoms with Crippen LogP contribution in [0.3, 0.4) is 0 Å². The van der Waals surface area contributed by atoms with Gasteiger partial charge in [-0.3, -0.25) is 4.79 Å². The van der Waals surface area contributed by atoms with Crippen LogP contribution in [0.25, 0.3) is 10.2 Å². The molecule has 0 aliphatic carbocycles. The molecule has 26 heavy (non-hydrogen) atoms. The van der Waals surface area contributed by atoms with Crippen molar-refractivity contribution in [2.45, 2.75) is 0 Å². The van der Waals surface area contributed by atoms with E-state index in [1.165, 1.54) is 15.6 Å². The van der Waals surface area contributed by atoms with Crippen molar-refractivity contribution in [3.63, 3.8) is 0 Å². The average molecular weight is 389 g/mol. The lowest BCUT2D eigenvalue weighted by Gasteiger charge is -2.28. The van der Waals surface area contributed by atoms with Gasteiger partial charge < -0.3 is 10.1 Å². The van der Waals surface area contributed by atoms with Crippen LogP contribution < -0.4 is 9.62 Å². The van der Waals surface area contributed by atoms with Crippen molar-refractivity contribution in [2.24, 2.45) is 0 Å². The summed E-state index contributed by atoms with van der Waals surface area (Å²) in [6.07, 6.45) is 0. The maximum absolute atomic E-state index is 12.4. The number of ether oxygens (including phenoxy) is 1. The second kappa shape index (κ2) is 6.67. The van der Waals surface area contributed by atoms with Crippen LogP contribution in [-0.4, -0.2) is 38.4 Å². The average Bonchev–Trinajstić information content (AvgIpc) is 3.09. The minimum absolute atomic E-state index is 0.0124. The molecule has 1 N–H and O–H groups in total. The molecule has 1 saturated heterocycles. The molecule has 0 atom stereocenters. The second-order valence-corrected chi connectivity index (χ2v) is 8.64. The molecule has 0 unspecified atom stereocenters. The summed E-state index contributed by atoms with van der Waals surface area (Å²) in [5, 5.41) is 2.82. The van der Waals surface area contributed by atoms with Gasteiger partial charge in [-0.1, -0.05) is 0 Å². The number of hydrogen-bond donors (Lipinski definition) is 1. The van der Waals surface area contributed by atoms with Gasteiger partial charge in [0.25, 0.3) is 5.91 Å². The number of nitrogens with zero attached hydrogens (tertiary/aromatic N) is 2. The van der Waals surface area contributed by atoms with E-state index in [9.17, 15) is 13.2 Å². The van der Waals surface area contributed by atoms with E-state index in [4.69, 9.17) is 4.74 Å². The van der Waals surface area contributed by atoms with Gasteiger partial charge in [-0.05, 0) is 42.5 Å². The number of nitrogens with one attached hydrogen (secondary N) is 1. The zero-order valence-electron chi connectivity index (χ0n) is 13.6. The minimum atomic E-state index is -3.37. The Morgan fingerprint density at radius 1 is 1.19 bits per heavy atom. The topological polar surface area (TPSA) is 88.6 Å². The lowest BCUT2D eigenvalue weighted by molar-refractivity contribution is 0.102. The van der Waals surface area contributed by atoms with Crippen LogP contribution in [0.1, 0.15) is 10.4 Å². The highest BCUT2D eigenvalue weighted by Crippen LogP contribution is 2.23. The minimum Gasteiger partial charge on any atom is -0.359 e. The number of aromatic nitrogens is 1. The number of fused-ring (bicyclic) bond motifs is 1. The molecule has 0 radical (unpaired) electrons. The van der Waals surface area contributed by atoms with Crippen molar-refractivity contribution >= 4 is 48.9 Å². The summed E-state index contributed by atoms with van der Waals surface area (Å²) in [5.41, 5.74) is 4.16. The SMILES string of the molecule is O=C(Nc1ccc2scnc2c1)c1ccc(N2COCCS2(=O)=O)cc1. The zero-order valence-corrected chi connectivity index (χ0v) is 15.2. The van der Waals surface area contributed by atoms with Crippen molar-refractivity contribution in [1.29, 1.82) is 0 Å². The number of anilines is 2. The number of carbonyl (C=O) groups is 1. The summed E-state index contributed by atoms with van der Waals surface area (Å²) < 4.78 is 31.7. The van der Waals surface area contributed by atoms with Crippen molar-refractivity contribution < 1.29 is 17.9 Å². The molecule has 1 fully saturated rings. The first-order valence-corrected chi connectivity index (χ1v) is 10.3. The molecule has 7 nitrogen and oxygen atoms in total. The normalized spacial score (nSPS) is 16.5. The fourth-order valence-corrected chi connectivity index (χ4v) is 4.54. The highest BCUT2D eigenvalue weighted by Gasteiger charge is 2.26. The third-order valence-electron chi connectivity index (χ3n) is 4.04. The number of rotatable bonds is 3. The molecule has 2 aromatic carbocycles. The van der Waals surface area contributed by atoms with Crippen LogP contribution in [0.2, 0.25) is 0 Å². The van der Waals surface area contributed by atoms with Crippen molar-refractivity contribution in [3.8, 4) is 0 Å². The molecule has 0 saturated carbocycles. The first-order valence-electron chi connectivity index (χ1n) is 7.86. The monoisotopic (exact) mass is 389 g/mol. The van der Waals surface area contributed by atoms with E-state index in [1.807, 2.05) is 18.2 Å². The Hall–Kier alpha value is -2.49. The number of benzene rings is 2. The summed E-state index contributed by atoms with van der Waals surface area (Å²) in [5.74, 6) is -0.321. The summed E-state index contributed by atoms with van der Waals surface area (Å²) in [7, 11) is -3.37. The Kier molecular flexibility index (Phi) is 4.35. The van der Waals surface area contributed by atoms with Gasteiger partial charge >= 0.3 is 0 Å². The maximum atomic E-state index is 12.4. The Labute approximate surface area is 154 Å². The molecule has 0 bridgehead atoms. The number of sulfonamides is 1. The highest BCUT2D eigenvalue weighted by atomic mass is 32.2. The van der Waals surface area contributed by atoms with Gasteiger partial charge in [0.2, 0.25) is 10.0 Å². The van der Waals surface area contributed by atoms with Crippen molar-refractivity contribution in [3.05, 3.63) is 53.5 Å². The van der Waals surface area contributed by atoms with E-state index in [1.54, 1.807) is 29.8 Å². The summed E-state index contributed by atoms with van der Waals surface area (Å²) in [4.78, 5) is 16.6. The second-order valence-electron chi connectivity index (χ2n) is 5.74. The largest absolute Gasteiger partial charge is 0.359 e. The molecule has 0 spiro atoms. The lowest BCUT2D eigenvalue weighted by Crippen LogP contribution is -2.41. The van der Waals surface area contributed by atoms with Crippen LogP contribution in [0, 0.1) is 0 Å². The predicted molar refractivity (Wildman–Crippen MR) is 101 cm³/mol. The van der Waals surface area contributed by atoms with Crippen LogP contribution in [-0.2, 0) is 14.8 Å². The first-order chi connectivity index (χ1) is 12.5. The van der Waals surface area contributed by atoms with Crippen LogP contribution in [0.4, 0.5) is 11.4 Å². The maximum Gasteiger partial charge on any atom is 0.255 e. The number of thiazole rings is 1. The zero-order chi connectivity index (χ0) is 18.1. The van der Waals surface area contributed by atoms with Gasteiger partial charge in [0.1, 0.15) is 6.73 Å². The van der Waals surface area contributed by atoms with Gasteiger partial charge in [0.05, 0.1) is 33.8 Å². The number of carbonyl (C=O) groups excluding carboxylic acids is 1. The first kappa shape index (κ1) is 17.0. The Balaban J connectivity index is 1.51. The van der Waals surface area contributed by atoms with Gasteiger partial charge in [-0.25, -0.2) is 17.7 Å². The van der Waals surface area contributed by atoms with Crippen LogP contribution in [0.5, 0.6) is 0 Å². The Morgan fingerprint density at radius 2 is 2.00 bits per heavy atom. The van der Waals surface area contributed by atoms with Gasteiger partial charge in [0.15, 0.2) is 0 Å². The molecule has 9 heteroatoms. The summed E-state index contributed by atoms with van der Waals surface area (Å²) in [6.45, 7) is 0.185. The quantitative estimate of drug-likeness (QED) is 0.744. The third kappa shape index (κ3) is 3.28. The Bertz CT molecular complexity index is 1060. The highest BCUT2D eigenvalue weighted by molar-refractivity contribution is 7.92. The summed E-state index contributed by atoms with van der Waals surface area (Å²) >= 11 is 1.54. The van der Waals surface area contributed by atoms with E-state index in [2.05, 4.69) is 10.3 Å². The Morgan fingerprint density at radius 3 is 2.77 bits per heavy atom. The van der Waals surface area contributed by atoms with Crippen molar-refractivity contribution in [1.82, 2.24) is 4.98 Å². The number of hydrogen-bond acceptors (Lipinski definition) is 6. The molecular formula is C17H15N3O4S2. The fourth-order valence-electron chi connectivity index (χ4n) is 2.66. The van der Waals surface area contributed by atoms with E-state index < -0.39 is 10.0 Å². The summed E-state index contributed by atoms with van der Waals surface area (Å²) in [6, 6.07) is 11.9.